The molecule has 0 aliphatic rings. The fraction of sp³-hybridized carbons (Fsp3) is 0.250. The van der Waals surface area contributed by atoms with Gasteiger partial charge in [-0.1, -0.05) is 39.8 Å². The molecule has 0 fully saturated rings. The van der Waals surface area contributed by atoms with Crippen LogP contribution in [0, 0.1) is 0 Å². The quantitative estimate of drug-likeness (QED) is 0.421. The van der Waals surface area contributed by atoms with Gasteiger partial charge in [-0.25, -0.2) is 4.79 Å². The molecule has 0 radical (unpaired) electrons. The van der Waals surface area contributed by atoms with Crippen molar-refractivity contribution in [1.82, 2.24) is 0 Å². The lowest BCUT2D eigenvalue weighted by Crippen LogP contribution is -2.10. The molecular weight excluding hydrogens is 368 g/mol. The number of hydrogen-bond donors (Lipinski definition) is 0. The second-order valence-electron chi connectivity index (χ2n) is 4.46. The van der Waals surface area contributed by atoms with Crippen LogP contribution >= 0.6 is 27.7 Å². The van der Waals surface area contributed by atoms with E-state index in [1.807, 2.05) is 24.3 Å². The summed E-state index contributed by atoms with van der Waals surface area (Å²) in [5, 5.41) is 0.425. The van der Waals surface area contributed by atoms with Crippen molar-refractivity contribution in [2.75, 3.05) is 12.9 Å². The zero-order valence-electron chi connectivity index (χ0n) is 12.4. The van der Waals surface area contributed by atoms with Gasteiger partial charge in [0.25, 0.3) is 0 Å². The first-order chi connectivity index (χ1) is 10.5. The molecule has 1 aromatic carbocycles. The van der Waals surface area contributed by atoms with E-state index in [0.717, 1.165) is 4.47 Å². The average molecular weight is 383 g/mol. The Hall–Kier alpha value is -1.53. The van der Waals surface area contributed by atoms with Crippen molar-refractivity contribution in [3.05, 3.63) is 39.9 Å². The van der Waals surface area contributed by atoms with Gasteiger partial charge in [-0.2, -0.15) is 0 Å². The second kappa shape index (κ2) is 7.15. The maximum Gasteiger partial charge on any atom is 0.342 e. The standard InChI is InChI=1S/C16H15BrO4S/c1-4-20-15(19)13-12(9(2)18)16(22-3)21-14(13)10-5-7-11(17)8-6-10/h5-8H,4H2,1-3H3. The normalized spacial score (nSPS) is 10.5. The molecule has 0 unspecified atom stereocenters. The lowest BCUT2D eigenvalue weighted by atomic mass is 10.0. The average Bonchev–Trinajstić information content (AvgIpc) is 2.88. The maximum atomic E-state index is 12.3. The lowest BCUT2D eigenvalue weighted by molar-refractivity contribution is 0.0524. The molecule has 2 rings (SSSR count). The summed E-state index contributed by atoms with van der Waals surface area (Å²) in [6.45, 7) is 3.37. The van der Waals surface area contributed by atoms with Gasteiger partial charge in [0.1, 0.15) is 5.56 Å². The molecule has 1 heterocycles. The van der Waals surface area contributed by atoms with Gasteiger partial charge in [0.15, 0.2) is 16.6 Å². The summed E-state index contributed by atoms with van der Waals surface area (Å²) in [6, 6.07) is 7.33. The van der Waals surface area contributed by atoms with Gasteiger partial charge in [0.05, 0.1) is 12.2 Å². The molecule has 0 N–H and O–H groups in total. The molecule has 22 heavy (non-hydrogen) atoms. The number of carbonyl (C=O) groups excluding carboxylic acids is 2. The minimum atomic E-state index is -0.547. The monoisotopic (exact) mass is 382 g/mol. The summed E-state index contributed by atoms with van der Waals surface area (Å²) in [5.41, 5.74) is 1.19. The number of ether oxygens (including phenoxy) is 1. The van der Waals surface area contributed by atoms with Crippen molar-refractivity contribution in [3.63, 3.8) is 0 Å². The van der Waals surface area contributed by atoms with Crippen LogP contribution in [0.1, 0.15) is 34.6 Å². The fourth-order valence-electron chi connectivity index (χ4n) is 2.08. The van der Waals surface area contributed by atoms with E-state index < -0.39 is 5.97 Å². The third kappa shape index (κ3) is 3.28. The number of furan rings is 1. The summed E-state index contributed by atoms with van der Waals surface area (Å²) in [6.07, 6.45) is 1.80. The van der Waals surface area contributed by atoms with E-state index in [1.54, 1.807) is 13.2 Å². The van der Waals surface area contributed by atoms with Crippen LogP contribution in [0.5, 0.6) is 0 Å². The Morgan fingerprint density at radius 1 is 1.23 bits per heavy atom. The van der Waals surface area contributed by atoms with Crippen LogP contribution in [0.3, 0.4) is 0 Å². The zero-order valence-corrected chi connectivity index (χ0v) is 14.8. The minimum Gasteiger partial charge on any atom is -0.462 e. The number of carbonyl (C=O) groups is 2. The Morgan fingerprint density at radius 2 is 1.86 bits per heavy atom. The number of thioether (sulfide) groups is 1. The Labute approximate surface area is 141 Å². The topological polar surface area (TPSA) is 56.5 Å². The summed E-state index contributed by atoms with van der Waals surface area (Å²) < 4.78 is 11.8. The molecule has 0 aliphatic carbocycles. The van der Waals surface area contributed by atoms with Crippen molar-refractivity contribution in [2.24, 2.45) is 0 Å². The molecule has 0 atom stereocenters. The van der Waals surface area contributed by atoms with Crippen LogP contribution in [0.25, 0.3) is 11.3 Å². The van der Waals surface area contributed by atoms with Crippen molar-refractivity contribution < 1.29 is 18.7 Å². The lowest BCUT2D eigenvalue weighted by Gasteiger charge is -2.04. The molecule has 0 aliphatic heterocycles. The Bertz CT molecular complexity index is 704. The molecule has 0 amide bonds. The third-order valence-electron chi connectivity index (χ3n) is 3.00. The molecule has 4 nitrogen and oxygen atoms in total. The highest BCUT2D eigenvalue weighted by Gasteiger charge is 2.29. The van der Waals surface area contributed by atoms with Crippen LogP contribution in [0.4, 0.5) is 0 Å². The molecule has 0 saturated heterocycles. The Kier molecular flexibility index (Phi) is 5.47. The van der Waals surface area contributed by atoms with Crippen LogP contribution in [-0.4, -0.2) is 24.6 Å². The smallest absolute Gasteiger partial charge is 0.342 e. The minimum absolute atomic E-state index is 0.195. The molecule has 6 heteroatoms. The summed E-state index contributed by atoms with van der Waals surface area (Å²) in [4.78, 5) is 24.3. The van der Waals surface area contributed by atoms with E-state index in [0.29, 0.717) is 16.4 Å². The predicted molar refractivity (Wildman–Crippen MR) is 89.6 cm³/mol. The summed E-state index contributed by atoms with van der Waals surface area (Å²) in [5.74, 6) is -0.408. The zero-order chi connectivity index (χ0) is 16.3. The second-order valence-corrected chi connectivity index (χ2v) is 6.15. The first kappa shape index (κ1) is 16.8. The van der Waals surface area contributed by atoms with Crippen molar-refractivity contribution in [1.29, 1.82) is 0 Å². The number of Topliss-reactive ketones (excluding diaryl/α,β-unsaturated/α-hetero) is 1. The van der Waals surface area contributed by atoms with Crippen LogP contribution in [-0.2, 0) is 4.74 Å². The van der Waals surface area contributed by atoms with Gasteiger partial charge >= 0.3 is 5.97 Å². The van der Waals surface area contributed by atoms with Gasteiger partial charge in [-0.3, -0.25) is 4.79 Å². The van der Waals surface area contributed by atoms with Crippen molar-refractivity contribution in [3.8, 4) is 11.3 Å². The number of esters is 1. The van der Waals surface area contributed by atoms with E-state index in [9.17, 15) is 9.59 Å². The predicted octanol–water partition coefficient (Wildman–Crippen LogP) is 4.81. The number of rotatable bonds is 5. The first-order valence-electron chi connectivity index (χ1n) is 6.64. The van der Waals surface area contributed by atoms with E-state index >= 15 is 0 Å². The Morgan fingerprint density at radius 3 is 2.36 bits per heavy atom. The van der Waals surface area contributed by atoms with Gasteiger partial charge in [-0.05, 0) is 32.2 Å². The largest absolute Gasteiger partial charge is 0.462 e. The van der Waals surface area contributed by atoms with Crippen molar-refractivity contribution in [2.45, 2.75) is 18.9 Å². The molecule has 116 valence electrons. The van der Waals surface area contributed by atoms with Gasteiger partial charge in [0.2, 0.25) is 0 Å². The van der Waals surface area contributed by atoms with Crippen LogP contribution in [0.2, 0.25) is 0 Å². The van der Waals surface area contributed by atoms with Crippen LogP contribution < -0.4 is 0 Å². The SMILES string of the molecule is CCOC(=O)c1c(-c2ccc(Br)cc2)oc(SC)c1C(C)=O. The molecule has 0 bridgehead atoms. The molecule has 2 aromatic rings. The van der Waals surface area contributed by atoms with Gasteiger partial charge < -0.3 is 9.15 Å². The molecule has 0 spiro atoms. The van der Waals surface area contributed by atoms with E-state index in [2.05, 4.69) is 15.9 Å². The number of benzene rings is 1. The molecule has 1 aromatic heterocycles. The summed E-state index contributed by atoms with van der Waals surface area (Å²) >= 11 is 4.65. The Balaban J connectivity index is 2.69. The third-order valence-corrected chi connectivity index (χ3v) is 4.19. The number of halogens is 1. The summed E-state index contributed by atoms with van der Waals surface area (Å²) in [7, 11) is 0. The van der Waals surface area contributed by atoms with Gasteiger partial charge in [0, 0.05) is 10.0 Å². The van der Waals surface area contributed by atoms with Crippen molar-refractivity contribution >= 4 is 39.4 Å². The fourth-order valence-corrected chi connectivity index (χ4v) is 2.96. The van der Waals surface area contributed by atoms with E-state index in [-0.39, 0.29) is 23.5 Å². The molecule has 0 saturated carbocycles. The van der Waals surface area contributed by atoms with E-state index in [1.165, 1.54) is 18.7 Å². The highest BCUT2D eigenvalue weighted by Crippen LogP contribution is 2.37. The first-order valence-corrected chi connectivity index (χ1v) is 8.66. The highest BCUT2D eigenvalue weighted by atomic mass is 79.9. The number of ketones is 1. The van der Waals surface area contributed by atoms with Gasteiger partial charge in [-0.15, -0.1) is 0 Å². The highest BCUT2D eigenvalue weighted by molar-refractivity contribution is 9.10. The van der Waals surface area contributed by atoms with E-state index in [4.69, 9.17) is 9.15 Å². The van der Waals surface area contributed by atoms with Crippen LogP contribution in [0.15, 0.2) is 38.2 Å². The maximum absolute atomic E-state index is 12.3. The molecular formula is C16H15BrO4S. The number of hydrogen-bond acceptors (Lipinski definition) is 5.